The van der Waals surface area contributed by atoms with Gasteiger partial charge in [-0.1, -0.05) is 6.07 Å². The summed E-state index contributed by atoms with van der Waals surface area (Å²) in [4.78, 5) is 14.4. The van der Waals surface area contributed by atoms with Crippen LogP contribution in [-0.2, 0) is 11.3 Å². The number of ether oxygens (including phenoxy) is 2. The number of fused-ring (bicyclic) bond motifs is 1. The van der Waals surface area contributed by atoms with Crippen molar-refractivity contribution in [2.75, 3.05) is 31.4 Å². The highest BCUT2D eigenvalue weighted by molar-refractivity contribution is 7.99. The van der Waals surface area contributed by atoms with Crippen molar-refractivity contribution < 1.29 is 14.3 Å². The van der Waals surface area contributed by atoms with Crippen LogP contribution in [0.5, 0.6) is 11.5 Å². The molecule has 1 atom stereocenters. The maximum atomic E-state index is 12.5. The fourth-order valence-electron chi connectivity index (χ4n) is 2.73. The second-order valence-electron chi connectivity index (χ2n) is 5.53. The molecule has 120 valence electrons. The number of benzene rings is 1. The second-order valence-corrected chi connectivity index (χ2v) is 6.68. The van der Waals surface area contributed by atoms with Crippen LogP contribution >= 0.6 is 11.8 Å². The number of carbonyl (C=O) groups is 1. The lowest BCUT2D eigenvalue weighted by Gasteiger charge is -2.27. The molecule has 22 heavy (non-hydrogen) atoms. The monoisotopic (exact) mass is 322 g/mol. The van der Waals surface area contributed by atoms with E-state index in [1.54, 1.807) is 0 Å². The molecule has 5 nitrogen and oxygen atoms in total. The van der Waals surface area contributed by atoms with Gasteiger partial charge < -0.3 is 19.7 Å². The first-order valence-corrected chi connectivity index (χ1v) is 8.89. The molecule has 0 bridgehead atoms. The Labute approximate surface area is 135 Å². The Kier molecular flexibility index (Phi) is 5.10. The number of hydrogen-bond donors (Lipinski definition) is 1. The summed E-state index contributed by atoms with van der Waals surface area (Å²) in [7, 11) is 0. The summed E-state index contributed by atoms with van der Waals surface area (Å²) < 4.78 is 10.7. The molecule has 0 aliphatic carbocycles. The number of rotatable bonds is 5. The van der Waals surface area contributed by atoms with Gasteiger partial charge in [-0.3, -0.25) is 4.79 Å². The molecule has 2 heterocycles. The van der Waals surface area contributed by atoms with Crippen LogP contribution in [0.1, 0.15) is 18.9 Å². The summed E-state index contributed by atoms with van der Waals surface area (Å²) in [5, 5.41) is 3.42. The zero-order valence-corrected chi connectivity index (χ0v) is 13.7. The topological polar surface area (TPSA) is 50.8 Å². The van der Waals surface area contributed by atoms with E-state index in [0.717, 1.165) is 35.1 Å². The molecule has 1 fully saturated rings. The van der Waals surface area contributed by atoms with E-state index in [4.69, 9.17) is 9.47 Å². The molecular formula is C16H22N2O3S. The van der Waals surface area contributed by atoms with E-state index >= 15 is 0 Å². The maximum absolute atomic E-state index is 12.5. The number of thioether (sulfide) groups is 1. The molecule has 1 amide bonds. The van der Waals surface area contributed by atoms with Crippen molar-refractivity contribution in [1.82, 2.24) is 10.2 Å². The highest BCUT2D eigenvalue weighted by Gasteiger charge is 2.21. The van der Waals surface area contributed by atoms with E-state index in [9.17, 15) is 4.79 Å². The average molecular weight is 322 g/mol. The van der Waals surface area contributed by atoms with Gasteiger partial charge in [0.15, 0.2) is 11.5 Å². The van der Waals surface area contributed by atoms with Gasteiger partial charge in [-0.15, -0.1) is 0 Å². The fraction of sp³-hybridized carbons (Fsp3) is 0.562. The quantitative estimate of drug-likeness (QED) is 0.897. The van der Waals surface area contributed by atoms with Gasteiger partial charge >= 0.3 is 0 Å². The third-order valence-corrected chi connectivity index (χ3v) is 5.10. The summed E-state index contributed by atoms with van der Waals surface area (Å²) in [5.41, 5.74) is 1.07. The summed E-state index contributed by atoms with van der Waals surface area (Å²) in [6.07, 6.45) is 0.575. The van der Waals surface area contributed by atoms with Crippen LogP contribution < -0.4 is 14.8 Å². The second kappa shape index (κ2) is 7.24. The Morgan fingerprint density at radius 2 is 2.27 bits per heavy atom. The first kappa shape index (κ1) is 15.5. The highest BCUT2D eigenvalue weighted by atomic mass is 32.2. The molecule has 1 aromatic carbocycles. The molecule has 0 saturated carbocycles. The van der Waals surface area contributed by atoms with E-state index in [-0.39, 0.29) is 12.7 Å². The predicted molar refractivity (Wildman–Crippen MR) is 87.4 cm³/mol. The molecule has 0 radical (unpaired) electrons. The predicted octanol–water partition coefficient (Wildman–Crippen LogP) is 1.86. The van der Waals surface area contributed by atoms with Gasteiger partial charge in [0.1, 0.15) is 0 Å². The average Bonchev–Trinajstić information content (AvgIpc) is 3.01. The molecule has 1 unspecified atom stereocenters. The van der Waals surface area contributed by atoms with Crippen molar-refractivity contribution >= 4 is 17.7 Å². The van der Waals surface area contributed by atoms with E-state index in [1.807, 2.05) is 41.8 Å². The minimum Gasteiger partial charge on any atom is -0.454 e. The van der Waals surface area contributed by atoms with Gasteiger partial charge in [-0.25, -0.2) is 0 Å². The molecule has 2 aliphatic rings. The van der Waals surface area contributed by atoms with Gasteiger partial charge in [-0.2, -0.15) is 11.8 Å². The zero-order chi connectivity index (χ0) is 15.4. The van der Waals surface area contributed by atoms with Crippen molar-refractivity contribution in [2.45, 2.75) is 25.9 Å². The Bertz CT molecular complexity index is 532. The van der Waals surface area contributed by atoms with Crippen LogP contribution in [-0.4, -0.2) is 48.2 Å². The Balaban J connectivity index is 1.59. The van der Waals surface area contributed by atoms with Crippen LogP contribution in [0.3, 0.4) is 0 Å². The van der Waals surface area contributed by atoms with Gasteiger partial charge in [0, 0.05) is 43.6 Å². The van der Waals surface area contributed by atoms with Crippen LogP contribution in [0.4, 0.5) is 0 Å². The molecule has 6 heteroatoms. The number of carbonyl (C=O) groups excluding carboxylic acids is 1. The number of amides is 1. The highest BCUT2D eigenvalue weighted by Crippen LogP contribution is 2.32. The summed E-state index contributed by atoms with van der Waals surface area (Å²) in [6, 6.07) is 6.18. The molecule has 1 aromatic rings. The van der Waals surface area contributed by atoms with Crippen LogP contribution in [0.25, 0.3) is 0 Å². The molecule has 2 aliphatic heterocycles. The summed E-state index contributed by atoms with van der Waals surface area (Å²) >= 11 is 1.92. The van der Waals surface area contributed by atoms with E-state index < -0.39 is 0 Å². The summed E-state index contributed by atoms with van der Waals surface area (Å²) in [6.45, 7) is 4.63. The minimum atomic E-state index is 0.208. The van der Waals surface area contributed by atoms with Crippen molar-refractivity contribution in [3.8, 4) is 11.5 Å². The van der Waals surface area contributed by atoms with Crippen molar-refractivity contribution in [3.63, 3.8) is 0 Å². The molecule has 1 N–H and O–H groups in total. The summed E-state index contributed by atoms with van der Waals surface area (Å²) in [5.74, 6) is 3.92. The lowest BCUT2D eigenvalue weighted by atomic mass is 10.1. The van der Waals surface area contributed by atoms with Gasteiger partial charge in [0.25, 0.3) is 0 Å². The van der Waals surface area contributed by atoms with E-state index in [1.165, 1.54) is 0 Å². The van der Waals surface area contributed by atoms with E-state index in [2.05, 4.69) is 5.32 Å². The Hall–Kier alpha value is -1.40. The van der Waals surface area contributed by atoms with Gasteiger partial charge in [-0.05, 0) is 24.6 Å². The van der Waals surface area contributed by atoms with Gasteiger partial charge in [0.2, 0.25) is 12.7 Å². The Morgan fingerprint density at radius 1 is 1.41 bits per heavy atom. The van der Waals surface area contributed by atoms with Crippen LogP contribution in [0.2, 0.25) is 0 Å². The standard InChI is InChI=1S/C16H22N2O3S/c1-2-18(16(19)8-13-10-22-6-5-17-13)9-12-3-4-14-15(7-12)21-11-20-14/h3-4,7,13,17H,2,5-6,8-11H2,1H3. The molecule has 0 aromatic heterocycles. The van der Waals surface area contributed by atoms with Crippen molar-refractivity contribution in [2.24, 2.45) is 0 Å². The largest absolute Gasteiger partial charge is 0.454 e. The molecule has 1 saturated heterocycles. The first-order chi connectivity index (χ1) is 10.8. The third kappa shape index (κ3) is 3.67. The lowest BCUT2D eigenvalue weighted by Crippen LogP contribution is -2.42. The van der Waals surface area contributed by atoms with Crippen molar-refractivity contribution in [1.29, 1.82) is 0 Å². The maximum Gasteiger partial charge on any atom is 0.231 e. The lowest BCUT2D eigenvalue weighted by molar-refractivity contribution is -0.132. The fourth-order valence-corrected chi connectivity index (χ4v) is 3.68. The SMILES string of the molecule is CCN(Cc1ccc2c(c1)OCO2)C(=O)CC1CSCCN1. The Morgan fingerprint density at radius 3 is 3.05 bits per heavy atom. The zero-order valence-electron chi connectivity index (χ0n) is 12.8. The minimum absolute atomic E-state index is 0.208. The number of nitrogens with one attached hydrogen (secondary N) is 1. The third-order valence-electron chi connectivity index (χ3n) is 3.96. The van der Waals surface area contributed by atoms with Gasteiger partial charge in [0.05, 0.1) is 0 Å². The van der Waals surface area contributed by atoms with Crippen LogP contribution in [0, 0.1) is 0 Å². The smallest absolute Gasteiger partial charge is 0.231 e. The number of nitrogens with zero attached hydrogens (tertiary/aromatic N) is 1. The van der Waals surface area contributed by atoms with E-state index in [0.29, 0.717) is 25.6 Å². The normalized spacial score (nSPS) is 20.0. The van der Waals surface area contributed by atoms with Crippen LogP contribution in [0.15, 0.2) is 18.2 Å². The molecular weight excluding hydrogens is 300 g/mol. The first-order valence-electron chi connectivity index (χ1n) is 7.73. The molecule has 0 spiro atoms. The molecule has 3 rings (SSSR count). The number of hydrogen-bond acceptors (Lipinski definition) is 5. The van der Waals surface area contributed by atoms with Crippen molar-refractivity contribution in [3.05, 3.63) is 23.8 Å².